The van der Waals surface area contributed by atoms with Gasteiger partial charge >= 0.3 is 5.97 Å². The van der Waals surface area contributed by atoms with Crippen molar-refractivity contribution in [2.45, 2.75) is 45.8 Å². The van der Waals surface area contributed by atoms with Gasteiger partial charge in [0, 0.05) is 16.0 Å². The van der Waals surface area contributed by atoms with Crippen molar-refractivity contribution in [2.75, 3.05) is 4.90 Å². The van der Waals surface area contributed by atoms with Gasteiger partial charge in [-0.3, -0.25) is 9.59 Å². The Bertz CT molecular complexity index is 1100. The lowest BCUT2D eigenvalue weighted by atomic mass is 9.96. The van der Waals surface area contributed by atoms with E-state index in [1.165, 1.54) is 0 Å². The molecule has 5 heteroatoms. The minimum atomic E-state index is -0.532. The van der Waals surface area contributed by atoms with Crippen molar-refractivity contribution in [3.05, 3.63) is 76.7 Å². The van der Waals surface area contributed by atoms with Crippen molar-refractivity contribution < 1.29 is 14.3 Å². The summed E-state index contributed by atoms with van der Waals surface area (Å²) in [4.78, 5) is 28.6. The summed E-state index contributed by atoms with van der Waals surface area (Å²) in [5, 5.41) is 2.02. The molecule has 2 heterocycles. The highest BCUT2D eigenvalue weighted by atomic mass is 32.1. The van der Waals surface area contributed by atoms with Crippen LogP contribution in [-0.4, -0.2) is 17.5 Å². The van der Waals surface area contributed by atoms with Gasteiger partial charge in [-0.1, -0.05) is 30.3 Å². The Morgan fingerprint density at radius 3 is 2.50 bits per heavy atom. The molecule has 1 unspecified atom stereocenters. The Morgan fingerprint density at radius 2 is 1.83 bits per heavy atom. The summed E-state index contributed by atoms with van der Waals surface area (Å²) < 4.78 is 5.57. The summed E-state index contributed by atoms with van der Waals surface area (Å²) >= 11 is 1.62. The number of ether oxygens (including phenoxy) is 1. The van der Waals surface area contributed by atoms with Crippen LogP contribution in [0, 0.1) is 0 Å². The third-order valence-electron chi connectivity index (χ3n) is 5.18. The van der Waals surface area contributed by atoms with Crippen molar-refractivity contribution in [3.8, 4) is 10.4 Å². The summed E-state index contributed by atoms with van der Waals surface area (Å²) in [6.45, 7) is 8.02. The van der Waals surface area contributed by atoms with E-state index in [1.807, 2.05) is 92.6 Å². The molecule has 0 N–H and O–H groups in total. The molecule has 1 aliphatic heterocycles. The maximum Gasteiger partial charge on any atom is 0.313 e. The summed E-state index contributed by atoms with van der Waals surface area (Å²) in [7, 11) is 0. The number of rotatable bonds is 4. The van der Waals surface area contributed by atoms with Crippen LogP contribution in [0.3, 0.4) is 0 Å². The van der Waals surface area contributed by atoms with E-state index >= 15 is 0 Å². The molecule has 4 rings (SSSR count). The van der Waals surface area contributed by atoms with Gasteiger partial charge in [0.15, 0.2) is 0 Å². The molecular weight excluding hydrogens is 394 g/mol. The number of benzene rings is 2. The van der Waals surface area contributed by atoms with Gasteiger partial charge in [0.2, 0.25) is 0 Å². The summed E-state index contributed by atoms with van der Waals surface area (Å²) in [6, 6.07) is 17.7. The summed E-state index contributed by atoms with van der Waals surface area (Å²) in [5.41, 5.74) is 3.94. The van der Waals surface area contributed by atoms with Gasteiger partial charge < -0.3 is 9.64 Å². The van der Waals surface area contributed by atoms with Crippen molar-refractivity contribution in [2.24, 2.45) is 0 Å². The third kappa shape index (κ3) is 3.90. The van der Waals surface area contributed by atoms with Gasteiger partial charge in [-0.2, -0.15) is 0 Å². The predicted octanol–water partition coefficient (Wildman–Crippen LogP) is 6.02. The van der Waals surface area contributed by atoms with Gasteiger partial charge in [-0.15, -0.1) is 11.3 Å². The lowest BCUT2D eigenvalue weighted by molar-refractivity contribution is -0.156. The number of fused-ring (bicyclic) bond motifs is 1. The number of hydrogen-bond acceptors (Lipinski definition) is 4. The standard InChI is InChI=1S/C25H25NO3S/c1-16(24(28)29-25(2,3)4)17-11-12-21(20(14-17)22-10-7-13-30-22)26-15-18-8-5-6-9-19(18)23(26)27/h5-14,16H,15H2,1-4H3. The van der Waals surface area contributed by atoms with Gasteiger partial charge in [-0.25, -0.2) is 0 Å². The van der Waals surface area contributed by atoms with Gasteiger partial charge in [0.1, 0.15) is 5.60 Å². The third-order valence-corrected chi connectivity index (χ3v) is 6.08. The second-order valence-corrected chi connectivity index (χ2v) is 9.51. The zero-order valence-electron chi connectivity index (χ0n) is 17.6. The smallest absolute Gasteiger partial charge is 0.313 e. The molecule has 1 aromatic heterocycles. The minimum absolute atomic E-state index is 0.0105. The molecule has 0 saturated heterocycles. The quantitative estimate of drug-likeness (QED) is 0.486. The van der Waals surface area contributed by atoms with E-state index in [9.17, 15) is 9.59 Å². The second-order valence-electron chi connectivity index (χ2n) is 8.56. The number of nitrogens with zero attached hydrogens (tertiary/aromatic N) is 1. The molecule has 30 heavy (non-hydrogen) atoms. The average Bonchev–Trinajstić information content (AvgIpc) is 3.34. The first-order valence-corrected chi connectivity index (χ1v) is 10.9. The fourth-order valence-corrected chi connectivity index (χ4v) is 4.41. The van der Waals surface area contributed by atoms with Crippen LogP contribution in [0.15, 0.2) is 60.0 Å². The number of esters is 1. The molecule has 1 amide bonds. The van der Waals surface area contributed by atoms with Crippen molar-refractivity contribution in [3.63, 3.8) is 0 Å². The SMILES string of the molecule is CC(C(=O)OC(C)(C)C)c1ccc(N2Cc3ccccc3C2=O)c(-c2cccs2)c1. The van der Waals surface area contributed by atoms with E-state index in [-0.39, 0.29) is 11.9 Å². The molecule has 4 nitrogen and oxygen atoms in total. The van der Waals surface area contributed by atoms with Gasteiger partial charge in [0.05, 0.1) is 18.2 Å². The Hall–Kier alpha value is -2.92. The molecular formula is C25H25NO3S. The Kier molecular flexibility index (Phi) is 5.24. The van der Waals surface area contributed by atoms with E-state index in [4.69, 9.17) is 4.74 Å². The molecule has 154 valence electrons. The molecule has 0 bridgehead atoms. The second kappa shape index (κ2) is 7.73. The molecule has 0 spiro atoms. The van der Waals surface area contributed by atoms with Crippen LogP contribution in [0.4, 0.5) is 5.69 Å². The molecule has 3 aromatic rings. The lowest BCUT2D eigenvalue weighted by Crippen LogP contribution is -2.27. The Labute approximate surface area is 181 Å². The van der Waals surface area contributed by atoms with E-state index in [0.29, 0.717) is 6.54 Å². The maximum absolute atomic E-state index is 13.1. The maximum atomic E-state index is 13.1. The molecule has 0 saturated carbocycles. The molecule has 2 aromatic carbocycles. The van der Waals surface area contributed by atoms with E-state index in [1.54, 1.807) is 11.3 Å². The fraction of sp³-hybridized carbons (Fsp3) is 0.280. The highest BCUT2D eigenvalue weighted by Crippen LogP contribution is 2.39. The van der Waals surface area contributed by atoms with Crippen molar-refractivity contribution in [1.82, 2.24) is 0 Å². The molecule has 0 fully saturated rings. The van der Waals surface area contributed by atoms with Gasteiger partial charge in [-0.05, 0) is 68.5 Å². The monoisotopic (exact) mass is 419 g/mol. The van der Waals surface area contributed by atoms with Crippen molar-refractivity contribution >= 4 is 28.9 Å². The van der Waals surface area contributed by atoms with Crippen LogP contribution in [0.2, 0.25) is 0 Å². The van der Waals surface area contributed by atoms with Crippen LogP contribution in [0.5, 0.6) is 0 Å². The topological polar surface area (TPSA) is 46.6 Å². The highest BCUT2D eigenvalue weighted by Gasteiger charge is 2.31. The molecule has 1 atom stereocenters. The number of carbonyl (C=O) groups is 2. The Morgan fingerprint density at radius 1 is 1.07 bits per heavy atom. The predicted molar refractivity (Wildman–Crippen MR) is 121 cm³/mol. The molecule has 0 radical (unpaired) electrons. The normalized spacial score (nSPS) is 14.5. The van der Waals surface area contributed by atoms with Crippen LogP contribution < -0.4 is 4.90 Å². The van der Waals surface area contributed by atoms with Crippen LogP contribution in [0.1, 0.15) is 55.1 Å². The number of thiophene rings is 1. The zero-order valence-corrected chi connectivity index (χ0v) is 18.5. The number of anilines is 1. The zero-order chi connectivity index (χ0) is 21.5. The van der Waals surface area contributed by atoms with E-state index in [2.05, 4.69) is 0 Å². The van der Waals surface area contributed by atoms with Crippen molar-refractivity contribution in [1.29, 1.82) is 0 Å². The lowest BCUT2D eigenvalue weighted by Gasteiger charge is -2.24. The first kappa shape index (κ1) is 20.4. The first-order valence-electron chi connectivity index (χ1n) is 10.0. The van der Waals surface area contributed by atoms with Gasteiger partial charge in [0.25, 0.3) is 5.91 Å². The van der Waals surface area contributed by atoms with E-state index < -0.39 is 11.5 Å². The number of carbonyl (C=O) groups excluding carboxylic acids is 2. The van der Waals surface area contributed by atoms with Crippen LogP contribution in [0.25, 0.3) is 10.4 Å². The average molecular weight is 420 g/mol. The number of amides is 1. The minimum Gasteiger partial charge on any atom is -0.460 e. The summed E-state index contributed by atoms with van der Waals surface area (Å²) in [6.07, 6.45) is 0. The molecule has 1 aliphatic rings. The first-order chi connectivity index (χ1) is 14.2. The highest BCUT2D eigenvalue weighted by molar-refractivity contribution is 7.13. The summed E-state index contributed by atoms with van der Waals surface area (Å²) in [5.74, 6) is -0.642. The Balaban J connectivity index is 1.73. The largest absolute Gasteiger partial charge is 0.460 e. The van der Waals surface area contributed by atoms with Crippen LogP contribution in [-0.2, 0) is 16.1 Å². The van der Waals surface area contributed by atoms with Crippen LogP contribution >= 0.6 is 11.3 Å². The molecule has 0 aliphatic carbocycles. The number of hydrogen-bond donors (Lipinski definition) is 0. The van der Waals surface area contributed by atoms with E-state index in [0.717, 1.165) is 32.8 Å². The fourth-order valence-electron chi connectivity index (χ4n) is 3.66.